The molecular weight excluding hydrogens is 393 g/mol. The fourth-order valence-electron chi connectivity index (χ4n) is 2.84. The second-order valence-corrected chi connectivity index (χ2v) is 6.72. The molecule has 0 aliphatic heterocycles. The van der Waals surface area contributed by atoms with Crippen LogP contribution in [0.1, 0.15) is 27.9 Å². The average molecular weight is 408 g/mol. The normalized spacial score (nSPS) is 11.8. The van der Waals surface area contributed by atoms with Gasteiger partial charge in [-0.05, 0) is 48.0 Å². The number of halogens is 2. The van der Waals surface area contributed by atoms with Gasteiger partial charge in [0.1, 0.15) is 11.9 Å². The minimum Gasteiger partial charge on any atom is -0.418 e. The van der Waals surface area contributed by atoms with Crippen molar-refractivity contribution in [3.8, 4) is 11.5 Å². The van der Waals surface area contributed by atoms with Crippen molar-refractivity contribution in [2.45, 2.75) is 6.04 Å². The maximum Gasteiger partial charge on any atom is 0.252 e. The van der Waals surface area contributed by atoms with Crippen molar-refractivity contribution in [2.75, 3.05) is 0 Å². The van der Waals surface area contributed by atoms with Crippen LogP contribution in [0.4, 0.5) is 4.39 Å². The van der Waals surface area contributed by atoms with E-state index in [1.54, 1.807) is 24.3 Å². The van der Waals surface area contributed by atoms with Gasteiger partial charge in [0.05, 0.1) is 0 Å². The van der Waals surface area contributed by atoms with Crippen LogP contribution in [0.3, 0.4) is 0 Å². The van der Waals surface area contributed by atoms with Crippen molar-refractivity contribution < 1.29 is 13.6 Å². The van der Waals surface area contributed by atoms with Gasteiger partial charge in [-0.15, -0.1) is 10.2 Å². The van der Waals surface area contributed by atoms with E-state index in [4.69, 9.17) is 16.0 Å². The summed E-state index contributed by atoms with van der Waals surface area (Å²) in [5.41, 5.74) is 1.66. The zero-order chi connectivity index (χ0) is 20.2. The first-order valence-electron chi connectivity index (χ1n) is 8.81. The number of amides is 1. The topological polar surface area (TPSA) is 68.0 Å². The van der Waals surface area contributed by atoms with E-state index in [1.165, 1.54) is 24.3 Å². The molecule has 1 N–H and O–H groups in total. The summed E-state index contributed by atoms with van der Waals surface area (Å²) in [4.78, 5) is 12.7. The predicted octanol–water partition coefficient (Wildman–Crippen LogP) is 5.05. The number of nitrogens with zero attached hydrogens (tertiary/aromatic N) is 2. The summed E-state index contributed by atoms with van der Waals surface area (Å²) in [6.45, 7) is 0. The van der Waals surface area contributed by atoms with Crippen LogP contribution >= 0.6 is 11.6 Å². The molecule has 0 aliphatic rings. The smallest absolute Gasteiger partial charge is 0.252 e. The van der Waals surface area contributed by atoms with E-state index in [-0.39, 0.29) is 11.5 Å². The Balaban J connectivity index is 1.66. The van der Waals surface area contributed by atoms with Crippen molar-refractivity contribution in [2.24, 2.45) is 0 Å². The lowest BCUT2D eigenvalue weighted by Crippen LogP contribution is -2.29. The molecular formula is C22H15ClFN3O2. The summed E-state index contributed by atoms with van der Waals surface area (Å²) < 4.78 is 19.3. The lowest BCUT2D eigenvalue weighted by molar-refractivity contribution is 0.0937. The van der Waals surface area contributed by atoms with Crippen LogP contribution in [0.15, 0.2) is 83.3 Å². The molecule has 4 aromatic rings. The Hall–Kier alpha value is -3.51. The van der Waals surface area contributed by atoms with Gasteiger partial charge >= 0.3 is 0 Å². The molecule has 0 bridgehead atoms. The van der Waals surface area contributed by atoms with E-state index in [0.717, 1.165) is 5.56 Å². The van der Waals surface area contributed by atoms with Gasteiger partial charge < -0.3 is 9.73 Å². The highest BCUT2D eigenvalue weighted by molar-refractivity contribution is 6.30. The first kappa shape index (κ1) is 18.8. The summed E-state index contributed by atoms with van der Waals surface area (Å²) >= 11 is 5.92. The number of nitrogens with one attached hydrogen (secondary N) is 1. The zero-order valence-corrected chi connectivity index (χ0v) is 15.8. The van der Waals surface area contributed by atoms with E-state index >= 15 is 0 Å². The van der Waals surface area contributed by atoms with Gasteiger partial charge in [0.15, 0.2) is 0 Å². The van der Waals surface area contributed by atoms with Crippen LogP contribution in [0.2, 0.25) is 5.02 Å². The summed E-state index contributed by atoms with van der Waals surface area (Å²) in [6.07, 6.45) is 0. The van der Waals surface area contributed by atoms with Crippen molar-refractivity contribution in [1.82, 2.24) is 15.5 Å². The number of carbonyl (C=O) groups is 1. The molecule has 4 rings (SSSR count). The van der Waals surface area contributed by atoms with Crippen molar-refractivity contribution in [1.29, 1.82) is 0 Å². The fourth-order valence-corrected chi connectivity index (χ4v) is 2.96. The molecule has 3 aromatic carbocycles. The zero-order valence-electron chi connectivity index (χ0n) is 15.0. The van der Waals surface area contributed by atoms with Crippen LogP contribution in [0, 0.1) is 5.82 Å². The molecule has 144 valence electrons. The fraction of sp³-hybridized carbons (Fsp3) is 0.0455. The second kappa shape index (κ2) is 8.24. The van der Waals surface area contributed by atoms with Gasteiger partial charge in [0, 0.05) is 16.1 Å². The Kier molecular flexibility index (Phi) is 5.35. The lowest BCUT2D eigenvalue weighted by atomic mass is 10.1. The molecule has 0 saturated heterocycles. The number of hydrogen-bond acceptors (Lipinski definition) is 4. The third-order valence-electron chi connectivity index (χ3n) is 4.27. The molecule has 0 radical (unpaired) electrons. The third kappa shape index (κ3) is 4.33. The number of carbonyl (C=O) groups excluding carboxylic acids is 1. The molecule has 5 nitrogen and oxygen atoms in total. The van der Waals surface area contributed by atoms with Gasteiger partial charge in [-0.3, -0.25) is 4.79 Å². The van der Waals surface area contributed by atoms with E-state index in [0.29, 0.717) is 16.5 Å². The predicted molar refractivity (Wildman–Crippen MR) is 107 cm³/mol. The van der Waals surface area contributed by atoms with Gasteiger partial charge in [0.25, 0.3) is 5.91 Å². The molecule has 0 spiro atoms. The maximum atomic E-state index is 13.5. The van der Waals surface area contributed by atoms with E-state index in [9.17, 15) is 9.18 Å². The van der Waals surface area contributed by atoms with Gasteiger partial charge in [-0.1, -0.05) is 48.0 Å². The monoisotopic (exact) mass is 407 g/mol. The van der Waals surface area contributed by atoms with Crippen molar-refractivity contribution >= 4 is 17.5 Å². The van der Waals surface area contributed by atoms with Crippen molar-refractivity contribution in [3.05, 3.63) is 107 Å². The Morgan fingerprint density at radius 1 is 0.966 bits per heavy atom. The number of rotatable bonds is 5. The van der Waals surface area contributed by atoms with Gasteiger partial charge in [-0.25, -0.2) is 4.39 Å². The van der Waals surface area contributed by atoms with Crippen LogP contribution in [-0.4, -0.2) is 16.1 Å². The Labute approximate surface area is 171 Å². The second-order valence-electron chi connectivity index (χ2n) is 6.28. The highest BCUT2D eigenvalue weighted by atomic mass is 35.5. The molecule has 29 heavy (non-hydrogen) atoms. The summed E-state index contributed by atoms with van der Waals surface area (Å²) in [5.74, 6) is -0.426. The summed E-state index contributed by atoms with van der Waals surface area (Å²) in [5, 5.41) is 11.6. The van der Waals surface area contributed by atoms with Gasteiger partial charge in [0.2, 0.25) is 11.8 Å². The molecule has 7 heteroatoms. The summed E-state index contributed by atoms with van der Waals surface area (Å²) in [6, 6.07) is 21.0. The Morgan fingerprint density at radius 2 is 1.72 bits per heavy atom. The molecule has 1 amide bonds. The van der Waals surface area contributed by atoms with Gasteiger partial charge in [-0.2, -0.15) is 0 Å². The largest absolute Gasteiger partial charge is 0.418 e. The molecule has 0 fully saturated rings. The van der Waals surface area contributed by atoms with E-state index in [1.807, 2.05) is 30.3 Å². The quantitative estimate of drug-likeness (QED) is 0.502. The maximum absolute atomic E-state index is 13.5. The van der Waals surface area contributed by atoms with Crippen LogP contribution in [0.25, 0.3) is 11.5 Å². The standard InChI is InChI=1S/C22H15ClFN3O2/c23-17-11-9-15(10-12-17)21-26-27-22(29-21)19(14-5-2-1-3-6-14)25-20(28)16-7-4-8-18(24)13-16/h1-13,19H,(H,25,28)/t19-/m0/s1. The van der Waals surface area contributed by atoms with Crippen LogP contribution < -0.4 is 5.32 Å². The highest BCUT2D eigenvalue weighted by Gasteiger charge is 2.24. The average Bonchev–Trinajstić information content (AvgIpc) is 3.23. The number of benzene rings is 3. The molecule has 1 aromatic heterocycles. The van der Waals surface area contributed by atoms with E-state index < -0.39 is 17.8 Å². The Bertz CT molecular complexity index is 1130. The molecule has 0 saturated carbocycles. The minimum atomic E-state index is -0.694. The van der Waals surface area contributed by atoms with Crippen LogP contribution in [-0.2, 0) is 0 Å². The van der Waals surface area contributed by atoms with Crippen molar-refractivity contribution in [3.63, 3.8) is 0 Å². The lowest BCUT2D eigenvalue weighted by Gasteiger charge is -2.15. The third-order valence-corrected chi connectivity index (χ3v) is 4.53. The molecule has 0 unspecified atom stereocenters. The number of aromatic nitrogens is 2. The first-order chi connectivity index (χ1) is 14.1. The molecule has 1 atom stereocenters. The highest BCUT2D eigenvalue weighted by Crippen LogP contribution is 2.26. The van der Waals surface area contributed by atoms with E-state index in [2.05, 4.69) is 15.5 Å². The Morgan fingerprint density at radius 3 is 2.45 bits per heavy atom. The number of hydrogen-bond donors (Lipinski definition) is 1. The molecule has 1 heterocycles. The SMILES string of the molecule is O=C(N[C@@H](c1ccccc1)c1nnc(-c2ccc(Cl)cc2)o1)c1cccc(F)c1. The van der Waals surface area contributed by atoms with Crippen LogP contribution in [0.5, 0.6) is 0 Å². The first-order valence-corrected chi connectivity index (χ1v) is 9.18. The summed E-state index contributed by atoms with van der Waals surface area (Å²) in [7, 11) is 0. The minimum absolute atomic E-state index is 0.198. The molecule has 0 aliphatic carbocycles.